The Balaban J connectivity index is 1.94. The predicted molar refractivity (Wildman–Crippen MR) is 93.0 cm³/mol. The number of carbonyl (C=O) groups excluding carboxylic acids is 2. The van der Waals surface area contributed by atoms with Crippen molar-refractivity contribution >= 4 is 11.8 Å². The zero-order valence-corrected chi connectivity index (χ0v) is 14.7. The van der Waals surface area contributed by atoms with Crippen LogP contribution >= 0.6 is 0 Å². The number of amides is 2. The largest absolute Gasteiger partial charge is 0.497 e. The Morgan fingerprint density at radius 3 is 2.17 bits per heavy atom. The number of nitrogens with zero attached hydrogens (tertiary/aromatic N) is 2. The van der Waals surface area contributed by atoms with Crippen molar-refractivity contribution < 1.29 is 14.3 Å². The van der Waals surface area contributed by atoms with Crippen molar-refractivity contribution in [3.05, 3.63) is 29.8 Å². The van der Waals surface area contributed by atoms with Gasteiger partial charge in [-0.2, -0.15) is 0 Å². The summed E-state index contributed by atoms with van der Waals surface area (Å²) in [6, 6.07) is 7.07. The number of hydrogen-bond acceptors (Lipinski definition) is 4. The number of carbonyl (C=O) groups is 2. The predicted octanol–water partition coefficient (Wildman–Crippen LogP) is 1.50. The Kier molecular flexibility index (Phi) is 5.83. The van der Waals surface area contributed by atoms with E-state index < -0.39 is 5.54 Å². The highest BCUT2D eigenvalue weighted by molar-refractivity contribution is 5.94. The highest BCUT2D eigenvalue weighted by Crippen LogP contribution is 2.17. The molecule has 1 saturated heterocycles. The minimum absolute atomic E-state index is 0.0196. The maximum atomic E-state index is 12.5. The van der Waals surface area contributed by atoms with Crippen LogP contribution in [0.2, 0.25) is 0 Å². The molecule has 1 unspecified atom stereocenters. The van der Waals surface area contributed by atoms with Crippen molar-refractivity contribution in [3.63, 3.8) is 0 Å². The summed E-state index contributed by atoms with van der Waals surface area (Å²) in [6.07, 6.45) is 1.53. The van der Waals surface area contributed by atoms with Gasteiger partial charge in [-0.3, -0.25) is 9.59 Å². The van der Waals surface area contributed by atoms with Crippen LogP contribution in [-0.2, 0) is 4.79 Å². The van der Waals surface area contributed by atoms with E-state index in [4.69, 9.17) is 10.5 Å². The summed E-state index contributed by atoms with van der Waals surface area (Å²) in [4.78, 5) is 28.6. The van der Waals surface area contributed by atoms with Crippen LogP contribution in [0.1, 0.15) is 37.0 Å². The molecule has 1 aliphatic heterocycles. The van der Waals surface area contributed by atoms with Crippen molar-refractivity contribution in [2.75, 3.05) is 33.3 Å². The Morgan fingerprint density at radius 2 is 1.67 bits per heavy atom. The Morgan fingerprint density at radius 1 is 1.12 bits per heavy atom. The van der Waals surface area contributed by atoms with Crippen LogP contribution in [0.5, 0.6) is 5.75 Å². The van der Waals surface area contributed by atoms with Gasteiger partial charge < -0.3 is 20.3 Å². The van der Waals surface area contributed by atoms with E-state index in [2.05, 4.69) is 0 Å². The third-order valence-electron chi connectivity index (χ3n) is 4.45. The quantitative estimate of drug-likeness (QED) is 0.886. The molecular formula is C18H27N3O3. The van der Waals surface area contributed by atoms with Gasteiger partial charge in [0.25, 0.3) is 5.91 Å². The topological polar surface area (TPSA) is 75.9 Å². The zero-order valence-electron chi connectivity index (χ0n) is 14.7. The van der Waals surface area contributed by atoms with Gasteiger partial charge in [-0.05, 0) is 37.6 Å². The number of rotatable bonds is 5. The lowest BCUT2D eigenvalue weighted by atomic mass is 9.95. The standard InChI is InChI=1S/C18H27N3O3/c1-4-9-18(2,19)17(23)21-12-10-20(11-13-21)16(22)14-5-7-15(24-3)8-6-14/h5-8H,4,9-13,19H2,1-3H3. The molecule has 0 saturated carbocycles. The maximum Gasteiger partial charge on any atom is 0.253 e. The van der Waals surface area contributed by atoms with Crippen LogP contribution < -0.4 is 10.5 Å². The number of methoxy groups -OCH3 is 1. The normalized spacial score (nSPS) is 17.3. The van der Waals surface area contributed by atoms with Crippen LogP contribution in [0.15, 0.2) is 24.3 Å². The maximum absolute atomic E-state index is 12.5. The smallest absolute Gasteiger partial charge is 0.253 e. The molecule has 0 aliphatic carbocycles. The summed E-state index contributed by atoms with van der Waals surface area (Å²) in [5, 5.41) is 0. The van der Waals surface area contributed by atoms with Gasteiger partial charge in [0, 0.05) is 31.7 Å². The minimum atomic E-state index is -0.823. The van der Waals surface area contributed by atoms with Crippen molar-refractivity contribution in [2.24, 2.45) is 5.73 Å². The summed E-state index contributed by atoms with van der Waals surface area (Å²) in [5.41, 5.74) is 5.94. The molecule has 2 amide bonds. The van der Waals surface area contributed by atoms with Crippen LogP contribution in [0.4, 0.5) is 0 Å². The monoisotopic (exact) mass is 333 g/mol. The molecule has 1 heterocycles. The van der Waals surface area contributed by atoms with Crippen molar-refractivity contribution in [1.29, 1.82) is 0 Å². The lowest BCUT2D eigenvalue weighted by Gasteiger charge is -2.38. The second-order valence-electron chi connectivity index (χ2n) is 6.48. The molecule has 0 aromatic heterocycles. The summed E-state index contributed by atoms with van der Waals surface area (Å²) >= 11 is 0. The van der Waals surface area contributed by atoms with Gasteiger partial charge in [-0.1, -0.05) is 13.3 Å². The van der Waals surface area contributed by atoms with E-state index in [1.807, 2.05) is 6.92 Å². The first-order valence-corrected chi connectivity index (χ1v) is 8.40. The lowest BCUT2D eigenvalue weighted by molar-refractivity contribution is -0.138. The first-order chi connectivity index (χ1) is 11.4. The fraction of sp³-hybridized carbons (Fsp3) is 0.556. The van der Waals surface area contributed by atoms with Gasteiger partial charge in [-0.15, -0.1) is 0 Å². The van der Waals surface area contributed by atoms with E-state index in [9.17, 15) is 9.59 Å². The number of piperazine rings is 1. The van der Waals surface area contributed by atoms with Crippen LogP contribution in [0.3, 0.4) is 0 Å². The third-order valence-corrected chi connectivity index (χ3v) is 4.45. The molecular weight excluding hydrogens is 306 g/mol. The van der Waals surface area contributed by atoms with Crippen LogP contribution in [-0.4, -0.2) is 60.4 Å². The van der Waals surface area contributed by atoms with E-state index in [1.54, 1.807) is 48.1 Å². The fourth-order valence-corrected chi connectivity index (χ4v) is 3.02. The van der Waals surface area contributed by atoms with Gasteiger partial charge in [0.1, 0.15) is 5.75 Å². The molecule has 2 rings (SSSR count). The van der Waals surface area contributed by atoms with Crippen LogP contribution in [0, 0.1) is 0 Å². The van der Waals surface area contributed by atoms with Gasteiger partial charge in [0.05, 0.1) is 12.6 Å². The third kappa shape index (κ3) is 4.06. The van der Waals surface area contributed by atoms with E-state index in [-0.39, 0.29) is 11.8 Å². The highest BCUT2D eigenvalue weighted by Gasteiger charge is 2.34. The van der Waals surface area contributed by atoms with Gasteiger partial charge >= 0.3 is 0 Å². The van der Waals surface area contributed by atoms with Gasteiger partial charge in [0.15, 0.2) is 0 Å². The molecule has 132 valence electrons. The Hall–Kier alpha value is -2.08. The average molecular weight is 333 g/mol. The van der Waals surface area contributed by atoms with E-state index in [0.717, 1.165) is 12.2 Å². The molecule has 0 bridgehead atoms. The number of benzene rings is 1. The molecule has 1 fully saturated rings. The SMILES string of the molecule is CCCC(C)(N)C(=O)N1CCN(C(=O)c2ccc(OC)cc2)CC1. The zero-order chi connectivity index (χ0) is 17.7. The first-order valence-electron chi connectivity index (χ1n) is 8.40. The number of nitrogens with two attached hydrogens (primary N) is 1. The molecule has 2 N–H and O–H groups in total. The molecule has 24 heavy (non-hydrogen) atoms. The molecule has 1 aromatic rings. The van der Waals surface area contributed by atoms with E-state index in [1.165, 1.54) is 0 Å². The van der Waals surface area contributed by atoms with Crippen molar-refractivity contribution in [3.8, 4) is 5.75 Å². The number of hydrogen-bond donors (Lipinski definition) is 1. The molecule has 1 aliphatic rings. The second kappa shape index (κ2) is 7.66. The van der Waals surface area contributed by atoms with Crippen LogP contribution in [0.25, 0.3) is 0 Å². The molecule has 0 radical (unpaired) electrons. The Bertz CT molecular complexity index is 576. The minimum Gasteiger partial charge on any atom is -0.497 e. The van der Waals surface area contributed by atoms with E-state index >= 15 is 0 Å². The van der Waals surface area contributed by atoms with Crippen molar-refractivity contribution in [2.45, 2.75) is 32.2 Å². The highest BCUT2D eigenvalue weighted by atomic mass is 16.5. The second-order valence-corrected chi connectivity index (χ2v) is 6.48. The molecule has 0 spiro atoms. The molecule has 1 atom stereocenters. The molecule has 6 nitrogen and oxygen atoms in total. The summed E-state index contributed by atoms with van der Waals surface area (Å²) in [5.74, 6) is 0.676. The first kappa shape index (κ1) is 18.3. The molecule has 1 aromatic carbocycles. The van der Waals surface area contributed by atoms with E-state index in [0.29, 0.717) is 38.2 Å². The van der Waals surface area contributed by atoms with Gasteiger partial charge in [-0.25, -0.2) is 0 Å². The summed E-state index contributed by atoms with van der Waals surface area (Å²) < 4.78 is 5.11. The fourth-order valence-electron chi connectivity index (χ4n) is 3.02. The average Bonchev–Trinajstić information content (AvgIpc) is 2.60. The lowest BCUT2D eigenvalue weighted by Crippen LogP contribution is -2.58. The summed E-state index contributed by atoms with van der Waals surface area (Å²) in [7, 11) is 1.59. The number of ether oxygens (including phenoxy) is 1. The molecule has 6 heteroatoms. The van der Waals surface area contributed by atoms with Gasteiger partial charge in [0.2, 0.25) is 5.91 Å². The van der Waals surface area contributed by atoms with Crippen molar-refractivity contribution in [1.82, 2.24) is 9.80 Å². The summed E-state index contributed by atoms with van der Waals surface area (Å²) in [6.45, 7) is 5.91. The Labute approximate surface area is 143 Å².